The summed E-state index contributed by atoms with van der Waals surface area (Å²) in [5, 5.41) is 4.73. The minimum Gasteiger partial charge on any atom is -0.451 e. The average Bonchev–Trinajstić information content (AvgIpc) is 3.17. The van der Waals surface area contributed by atoms with Gasteiger partial charge in [0.05, 0.1) is 5.69 Å². The molecule has 23 heavy (non-hydrogen) atoms. The maximum Gasteiger partial charge on any atom is 0.305 e. The largest absolute Gasteiger partial charge is 0.451 e. The predicted octanol–water partition coefficient (Wildman–Crippen LogP) is 2.23. The van der Waals surface area contributed by atoms with E-state index >= 15 is 0 Å². The van der Waals surface area contributed by atoms with E-state index in [0.29, 0.717) is 22.6 Å². The number of furan rings is 1. The van der Waals surface area contributed by atoms with Gasteiger partial charge in [-0.05, 0) is 30.9 Å². The first kappa shape index (κ1) is 15.2. The number of nitrogens with zero attached hydrogens (tertiary/aromatic N) is 2. The first-order valence-corrected chi connectivity index (χ1v) is 7.79. The Morgan fingerprint density at radius 3 is 2.70 bits per heavy atom. The highest BCUT2D eigenvalue weighted by molar-refractivity contribution is 7.08. The van der Waals surface area contributed by atoms with Crippen molar-refractivity contribution in [2.75, 3.05) is 0 Å². The summed E-state index contributed by atoms with van der Waals surface area (Å²) in [7, 11) is 0. The predicted molar refractivity (Wildman–Crippen MR) is 85.2 cm³/mol. The number of fused-ring (bicyclic) bond motifs is 1. The first-order chi connectivity index (χ1) is 11.1. The molecule has 3 rings (SSSR count). The van der Waals surface area contributed by atoms with Crippen LogP contribution in [0, 0.1) is 6.92 Å². The van der Waals surface area contributed by atoms with E-state index in [4.69, 9.17) is 4.42 Å². The molecule has 8 heteroatoms. The number of amides is 2. The molecule has 0 saturated carbocycles. The number of benzene rings is 1. The lowest BCUT2D eigenvalue weighted by Crippen LogP contribution is -2.41. The zero-order chi connectivity index (χ0) is 16.4. The van der Waals surface area contributed by atoms with Crippen molar-refractivity contribution in [3.05, 3.63) is 46.2 Å². The van der Waals surface area contributed by atoms with Crippen LogP contribution < -0.4 is 10.9 Å². The fourth-order valence-corrected chi connectivity index (χ4v) is 2.88. The zero-order valence-corrected chi connectivity index (χ0v) is 13.4. The van der Waals surface area contributed by atoms with Gasteiger partial charge in [0.15, 0.2) is 5.76 Å². The Labute approximate surface area is 135 Å². The van der Waals surface area contributed by atoms with E-state index in [1.54, 1.807) is 13.0 Å². The van der Waals surface area contributed by atoms with Crippen LogP contribution in [0.3, 0.4) is 0 Å². The summed E-state index contributed by atoms with van der Waals surface area (Å²) in [6.45, 7) is 3.68. The van der Waals surface area contributed by atoms with Crippen LogP contribution in [-0.4, -0.2) is 21.4 Å². The lowest BCUT2D eigenvalue weighted by Gasteiger charge is -2.05. The van der Waals surface area contributed by atoms with Gasteiger partial charge in [0.1, 0.15) is 10.5 Å². The number of nitrogens with one attached hydrogen (secondary N) is 2. The summed E-state index contributed by atoms with van der Waals surface area (Å²) >= 11 is 0.989. The summed E-state index contributed by atoms with van der Waals surface area (Å²) in [5.41, 5.74) is 6.67. The number of hydrogen-bond acceptors (Lipinski definition) is 6. The third-order valence-electron chi connectivity index (χ3n) is 3.44. The number of carbonyl (C=O) groups excluding carboxylic acids is 2. The second kappa shape index (κ2) is 6.17. The molecule has 0 saturated heterocycles. The number of para-hydroxylation sites is 1. The first-order valence-electron chi connectivity index (χ1n) is 7.01. The van der Waals surface area contributed by atoms with Crippen LogP contribution in [0.1, 0.15) is 38.4 Å². The van der Waals surface area contributed by atoms with Crippen molar-refractivity contribution >= 4 is 34.3 Å². The van der Waals surface area contributed by atoms with Gasteiger partial charge < -0.3 is 4.42 Å². The Kier molecular flexibility index (Phi) is 4.07. The van der Waals surface area contributed by atoms with E-state index in [1.165, 1.54) is 0 Å². The highest BCUT2D eigenvalue weighted by Crippen LogP contribution is 2.24. The molecule has 7 nitrogen and oxygen atoms in total. The van der Waals surface area contributed by atoms with Gasteiger partial charge in [0.2, 0.25) is 0 Å². The smallest absolute Gasteiger partial charge is 0.305 e. The summed E-state index contributed by atoms with van der Waals surface area (Å²) in [4.78, 5) is 24.7. The summed E-state index contributed by atoms with van der Waals surface area (Å²) in [5.74, 6) is -0.786. The second-order valence-corrected chi connectivity index (χ2v) is 5.62. The van der Waals surface area contributed by atoms with Crippen molar-refractivity contribution < 1.29 is 14.0 Å². The van der Waals surface area contributed by atoms with Crippen molar-refractivity contribution in [1.29, 1.82) is 0 Å². The van der Waals surface area contributed by atoms with Crippen LogP contribution in [0.4, 0.5) is 0 Å². The lowest BCUT2D eigenvalue weighted by molar-refractivity contribution is 0.0833. The maximum atomic E-state index is 12.2. The van der Waals surface area contributed by atoms with E-state index in [1.807, 2.05) is 25.1 Å². The number of rotatable bonds is 3. The third kappa shape index (κ3) is 2.80. The van der Waals surface area contributed by atoms with E-state index in [0.717, 1.165) is 22.5 Å². The molecule has 0 unspecified atom stereocenters. The Morgan fingerprint density at radius 2 is 1.96 bits per heavy atom. The van der Waals surface area contributed by atoms with Gasteiger partial charge in [-0.2, -0.15) is 0 Å². The van der Waals surface area contributed by atoms with Crippen molar-refractivity contribution in [1.82, 2.24) is 20.4 Å². The number of aromatic nitrogens is 2. The zero-order valence-electron chi connectivity index (χ0n) is 12.5. The summed E-state index contributed by atoms with van der Waals surface area (Å²) in [6.07, 6.45) is 0.593. The fourth-order valence-electron chi connectivity index (χ4n) is 2.23. The summed E-state index contributed by atoms with van der Waals surface area (Å²) < 4.78 is 9.28. The molecule has 0 atom stereocenters. The van der Waals surface area contributed by atoms with Gasteiger partial charge >= 0.3 is 5.91 Å². The van der Waals surface area contributed by atoms with E-state index in [2.05, 4.69) is 20.4 Å². The molecular weight excluding hydrogens is 316 g/mol. The van der Waals surface area contributed by atoms with Crippen molar-refractivity contribution in [2.24, 2.45) is 0 Å². The molecule has 0 bridgehead atoms. The van der Waals surface area contributed by atoms with Crippen LogP contribution in [0.5, 0.6) is 0 Å². The molecule has 2 aromatic heterocycles. The monoisotopic (exact) mass is 330 g/mol. The normalized spacial score (nSPS) is 10.7. The standard InChI is InChI=1S/C15H14N4O3S/c1-3-10-13(23-19-16-10)15(21)18-17-14(20)12-8(2)9-6-4-5-7-11(9)22-12/h4-7H,3H2,1-2H3,(H,17,20)(H,18,21). The molecule has 1 aromatic carbocycles. The molecule has 3 aromatic rings. The molecular formula is C15H14N4O3S. The van der Waals surface area contributed by atoms with Gasteiger partial charge in [0, 0.05) is 10.9 Å². The van der Waals surface area contributed by atoms with Crippen LogP contribution in [-0.2, 0) is 6.42 Å². The molecule has 2 N–H and O–H groups in total. The number of hydrogen-bond donors (Lipinski definition) is 2. The van der Waals surface area contributed by atoms with E-state index in [9.17, 15) is 9.59 Å². The van der Waals surface area contributed by atoms with Crippen molar-refractivity contribution in [3.8, 4) is 0 Å². The minimum atomic E-state index is -0.512. The van der Waals surface area contributed by atoms with Gasteiger partial charge in [0.25, 0.3) is 5.91 Å². The molecule has 0 radical (unpaired) electrons. The van der Waals surface area contributed by atoms with Gasteiger partial charge in [-0.1, -0.05) is 29.6 Å². The Bertz CT molecular complexity index is 884. The topological polar surface area (TPSA) is 97.1 Å². The molecule has 118 valence electrons. The summed E-state index contributed by atoms with van der Waals surface area (Å²) in [6, 6.07) is 7.36. The quantitative estimate of drug-likeness (QED) is 0.718. The number of aryl methyl sites for hydroxylation is 2. The molecule has 2 amide bonds. The van der Waals surface area contributed by atoms with Crippen LogP contribution in [0.2, 0.25) is 0 Å². The molecule has 0 aliphatic heterocycles. The van der Waals surface area contributed by atoms with Gasteiger partial charge in [-0.3, -0.25) is 20.4 Å². The Hall–Kier alpha value is -2.74. The minimum absolute atomic E-state index is 0.171. The highest BCUT2D eigenvalue weighted by atomic mass is 32.1. The van der Waals surface area contributed by atoms with E-state index in [-0.39, 0.29) is 5.76 Å². The Balaban J connectivity index is 1.74. The van der Waals surface area contributed by atoms with Crippen molar-refractivity contribution in [3.63, 3.8) is 0 Å². The molecule has 0 aliphatic rings. The second-order valence-electron chi connectivity index (χ2n) is 4.86. The number of hydrazine groups is 1. The highest BCUT2D eigenvalue weighted by Gasteiger charge is 2.20. The lowest BCUT2D eigenvalue weighted by atomic mass is 10.1. The van der Waals surface area contributed by atoms with Crippen LogP contribution >= 0.6 is 11.5 Å². The SMILES string of the molecule is CCc1nnsc1C(=O)NNC(=O)c1oc2ccccc2c1C. The average molecular weight is 330 g/mol. The molecule has 0 spiro atoms. The molecule has 0 fully saturated rings. The maximum absolute atomic E-state index is 12.2. The van der Waals surface area contributed by atoms with Gasteiger partial charge in [-0.25, -0.2) is 0 Å². The molecule has 0 aliphatic carbocycles. The molecule has 2 heterocycles. The van der Waals surface area contributed by atoms with Crippen molar-refractivity contribution in [2.45, 2.75) is 20.3 Å². The third-order valence-corrected chi connectivity index (χ3v) is 4.20. The van der Waals surface area contributed by atoms with Crippen LogP contribution in [0.15, 0.2) is 28.7 Å². The number of carbonyl (C=O) groups is 2. The van der Waals surface area contributed by atoms with E-state index < -0.39 is 11.8 Å². The van der Waals surface area contributed by atoms with Crippen LogP contribution in [0.25, 0.3) is 11.0 Å². The van der Waals surface area contributed by atoms with Gasteiger partial charge in [-0.15, -0.1) is 5.10 Å². The fraction of sp³-hybridized carbons (Fsp3) is 0.200. The Morgan fingerprint density at radius 1 is 1.22 bits per heavy atom.